The van der Waals surface area contributed by atoms with Gasteiger partial charge < -0.3 is 16.2 Å². The number of nitrogens with zero attached hydrogens (tertiary/aromatic N) is 3. The van der Waals surface area contributed by atoms with Crippen molar-refractivity contribution in [3.63, 3.8) is 0 Å². The van der Waals surface area contributed by atoms with Crippen molar-refractivity contribution in [2.75, 3.05) is 11.1 Å². The maximum Gasteiger partial charge on any atom is 0.259 e. The van der Waals surface area contributed by atoms with Gasteiger partial charge in [0.25, 0.3) is 5.91 Å². The number of hydrogen-bond donors (Lipinski definition) is 3. The molecule has 0 saturated heterocycles. The van der Waals surface area contributed by atoms with Crippen LogP contribution in [0.25, 0.3) is 5.69 Å². The summed E-state index contributed by atoms with van der Waals surface area (Å²) in [4.78, 5) is 17.3. The second kappa shape index (κ2) is 8.07. The Morgan fingerprint density at radius 3 is 2.74 bits per heavy atom. The zero-order valence-corrected chi connectivity index (χ0v) is 17.9. The van der Waals surface area contributed by atoms with Crippen LogP contribution in [0.4, 0.5) is 10.1 Å². The number of nitrogens with two attached hydrogens (primary N) is 1. The van der Waals surface area contributed by atoms with Crippen molar-refractivity contribution in [2.45, 2.75) is 25.8 Å². The van der Waals surface area contributed by atoms with Gasteiger partial charge in [-0.1, -0.05) is 11.8 Å². The van der Waals surface area contributed by atoms with Crippen molar-refractivity contribution in [2.24, 2.45) is 10.7 Å². The van der Waals surface area contributed by atoms with Gasteiger partial charge in [0.05, 0.1) is 28.7 Å². The first-order chi connectivity index (χ1) is 14.8. The number of nitrogens with one attached hydrogen (secondary N) is 1. The van der Waals surface area contributed by atoms with E-state index in [0.29, 0.717) is 34.1 Å². The minimum absolute atomic E-state index is 0.148. The summed E-state index contributed by atoms with van der Waals surface area (Å²) in [6.07, 6.45) is 2.12. The Kier molecular flexibility index (Phi) is 5.45. The summed E-state index contributed by atoms with van der Waals surface area (Å²) >= 11 is 1.45. The highest BCUT2D eigenvalue weighted by Crippen LogP contribution is 2.37. The van der Waals surface area contributed by atoms with Crippen molar-refractivity contribution in [3.05, 3.63) is 71.3 Å². The molecule has 1 aromatic heterocycles. The minimum Gasteiger partial charge on any atom is -0.508 e. The molecule has 9 heteroatoms. The number of phenols is 1. The number of aromatic nitrogens is 2. The topological polar surface area (TPSA) is 106 Å². The van der Waals surface area contributed by atoms with Crippen LogP contribution in [0.1, 0.15) is 35.0 Å². The van der Waals surface area contributed by atoms with Gasteiger partial charge in [0.2, 0.25) is 0 Å². The van der Waals surface area contributed by atoms with Gasteiger partial charge in [-0.25, -0.2) is 9.07 Å². The Labute approximate surface area is 183 Å². The summed E-state index contributed by atoms with van der Waals surface area (Å²) in [5.41, 5.74) is 7.69. The lowest BCUT2D eigenvalue weighted by atomic mass is 9.89. The third kappa shape index (κ3) is 4.13. The number of aliphatic imine (C=N–C) groups is 1. The predicted octanol–water partition coefficient (Wildman–Crippen LogP) is 3.94. The van der Waals surface area contributed by atoms with Crippen molar-refractivity contribution >= 4 is 28.5 Å². The van der Waals surface area contributed by atoms with Gasteiger partial charge in [-0.15, -0.1) is 0 Å². The summed E-state index contributed by atoms with van der Waals surface area (Å²) in [7, 11) is 0. The lowest BCUT2D eigenvalue weighted by molar-refractivity contribution is 0.102. The van der Waals surface area contributed by atoms with Gasteiger partial charge in [-0.2, -0.15) is 5.10 Å². The van der Waals surface area contributed by atoms with Crippen LogP contribution in [0.15, 0.2) is 53.7 Å². The first-order valence-corrected chi connectivity index (χ1v) is 10.7. The van der Waals surface area contributed by atoms with Crippen LogP contribution in [0, 0.1) is 12.7 Å². The Morgan fingerprint density at radius 2 is 2.03 bits per heavy atom. The van der Waals surface area contributed by atoms with Gasteiger partial charge in [0, 0.05) is 17.0 Å². The fourth-order valence-corrected chi connectivity index (χ4v) is 4.56. The maximum absolute atomic E-state index is 14.6. The molecule has 0 bridgehead atoms. The van der Waals surface area contributed by atoms with E-state index in [1.54, 1.807) is 41.9 Å². The van der Waals surface area contributed by atoms with Gasteiger partial charge in [0.15, 0.2) is 5.17 Å². The SMILES string of the molecule is Cc1c(C(=O)Nc2ccc(F)c(C3(C)CCSC(N)=N3)c2)cnn1-c1ccc(O)cc1. The first kappa shape index (κ1) is 20.9. The number of hydrogen-bond acceptors (Lipinski definition) is 6. The number of rotatable bonds is 4. The lowest BCUT2D eigenvalue weighted by Gasteiger charge is -2.30. The maximum atomic E-state index is 14.6. The van der Waals surface area contributed by atoms with Gasteiger partial charge in [0.1, 0.15) is 11.6 Å². The highest BCUT2D eigenvalue weighted by molar-refractivity contribution is 8.13. The minimum atomic E-state index is -0.778. The molecule has 1 atom stereocenters. The molecule has 0 spiro atoms. The van der Waals surface area contributed by atoms with Crippen LogP contribution in [-0.2, 0) is 5.54 Å². The molecular weight excluding hydrogens is 417 g/mol. The molecule has 1 unspecified atom stereocenters. The Hall–Kier alpha value is -3.33. The number of thioether (sulfide) groups is 1. The Balaban J connectivity index is 1.60. The van der Waals surface area contributed by atoms with Crippen LogP contribution in [-0.4, -0.2) is 31.7 Å². The Morgan fingerprint density at radius 1 is 1.29 bits per heavy atom. The standard InChI is InChI=1S/C22H22FN5O2S/c1-13-17(12-25-28(13)15-4-6-16(29)7-5-15)20(30)26-14-3-8-19(23)18(11-14)22(2)9-10-31-21(24)27-22/h3-8,11-12,29H,9-10H2,1-2H3,(H2,24,27)(H,26,30). The number of aromatic hydroxyl groups is 1. The largest absolute Gasteiger partial charge is 0.508 e. The summed E-state index contributed by atoms with van der Waals surface area (Å²) in [6, 6.07) is 11.0. The number of benzene rings is 2. The number of phenolic OH excluding ortho intramolecular Hbond substituents is 1. The van der Waals surface area contributed by atoms with E-state index in [-0.39, 0.29) is 17.5 Å². The monoisotopic (exact) mass is 439 g/mol. The van der Waals surface area contributed by atoms with Gasteiger partial charge >= 0.3 is 0 Å². The first-order valence-electron chi connectivity index (χ1n) is 9.70. The highest BCUT2D eigenvalue weighted by atomic mass is 32.2. The molecule has 31 heavy (non-hydrogen) atoms. The molecule has 0 saturated carbocycles. The van der Waals surface area contributed by atoms with E-state index in [1.165, 1.54) is 30.1 Å². The Bertz CT molecular complexity index is 1180. The van der Waals surface area contributed by atoms with E-state index < -0.39 is 5.54 Å². The van der Waals surface area contributed by atoms with E-state index in [1.807, 2.05) is 6.92 Å². The molecule has 0 fully saturated rings. The molecule has 1 aliphatic heterocycles. The molecular formula is C22H22FN5O2S. The number of carbonyl (C=O) groups excluding carboxylic acids is 1. The molecule has 2 heterocycles. The van der Waals surface area contributed by atoms with Crippen LogP contribution in [0.5, 0.6) is 5.75 Å². The third-order valence-electron chi connectivity index (χ3n) is 5.35. The molecule has 4 N–H and O–H groups in total. The number of amidine groups is 1. The average Bonchev–Trinajstić information content (AvgIpc) is 3.11. The fourth-order valence-electron chi connectivity index (χ4n) is 3.58. The van der Waals surface area contributed by atoms with Crippen LogP contribution in [0.3, 0.4) is 0 Å². The van der Waals surface area contributed by atoms with Crippen molar-refractivity contribution in [1.29, 1.82) is 0 Å². The van der Waals surface area contributed by atoms with E-state index in [4.69, 9.17) is 5.73 Å². The van der Waals surface area contributed by atoms with Gasteiger partial charge in [-0.3, -0.25) is 9.79 Å². The molecule has 1 amide bonds. The van der Waals surface area contributed by atoms with Crippen molar-refractivity contribution in [3.8, 4) is 11.4 Å². The quantitative estimate of drug-likeness (QED) is 0.571. The second-order valence-electron chi connectivity index (χ2n) is 7.54. The average molecular weight is 440 g/mol. The normalized spacial score (nSPS) is 18.5. The van der Waals surface area contributed by atoms with E-state index in [9.17, 15) is 14.3 Å². The molecule has 7 nitrogen and oxygen atoms in total. The van der Waals surface area contributed by atoms with E-state index >= 15 is 0 Å². The second-order valence-corrected chi connectivity index (χ2v) is 8.66. The van der Waals surface area contributed by atoms with Crippen LogP contribution in [0.2, 0.25) is 0 Å². The number of anilines is 1. The number of halogens is 1. The zero-order chi connectivity index (χ0) is 22.2. The zero-order valence-electron chi connectivity index (χ0n) is 17.1. The molecule has 0 aliphatic carbocycles. The molecule has 2 aromatic carbocycles. The fraction of sp³-hybridized carbons (Fsp3) is 0.227. The van der Waals surface area contributed by atoms with Crippen molar-refractivity contribution in [1.82, 2.24) is 9.78 Å². The molecule has 160 valence electrons. The molecule has 4 rings (SSSR count). The van der Waals surface area contributed by atoms with Crippen LogP contribution < -0.4 is 11.1 Å². The van der Waals surface area contributed by atoms with Gasteiger partial charge in [-0.05, 0) is 62.7 Å². The molecule has 0 radical (unpaired) electrons. The van der Waals surface area contributed by atoms with E-state index in [2.05, 4.69) is 15.4 Å². The summed E-state index contributed by atoms with van der Waals surface area (Å²) in [5, 5.41) is 17.0. The summed E-state index contributed by atoms with van der Waals surface area (Å²) < 4.78 is 16.2. The summed E-state index contributed by atoms with van der Waals surface area (Å²) in [6.45, 7) is 3.62. The van der Waals surface area contributed by atoms with E-state index in [0.717, 1.165) is 11.4 Å². The van der Waals surface area contributed by atoms with Crippen molar-refractivity contribution < 1.29 is 14.3 Å². The van der Waals surface area contributed by atoms with Crippen LogP contribution >= 0.6 is 11.8 Å². The smallest absolute Gasteiger partial charge is 0.259 e. The predicted molar refractivity (Wildman–Crippen MR) is 120 cm³/mol. The third-order valence-corrected chi connectivity index (χ3v) is 6.14. The lowest BCUT2D eigenvalue weighted by Crippen LogP contribution is -2.29. The number of carbonyl (C=O) groups is 1. The molecule has 1 aliphatic rings. The summed E-state index contributed by atoms with van der Waals surface area (Å²) in [5.74, 6) is 0.153. The number of amides is 1. The molecule has 3 aromatic rings. The highest BCUT2D eigenvalue weighted by Gasteiger charge is 2.32.